The van der Waals surface area contributed by atoms with Gasteiger partial charge in [-0.25, -0.2) is 0 Å². The Labute approximate surface area is 115 Å². The second-order valence-corrected chi connectivity index (χ2v) is 5.88. The van der Waals surface area contributed by atoms with Crippen molar-refractivity contribution in [1.29, 1.82) is 0 Å². The first-order chi connectivity index (χ1) is 8.74. The average molecular weight is 264 g/mol. The number of aliphatic carboxylic acids is 1. The Kier molecular flexibility index (Phi) is 5.12. The number of hydrogen-bond donors (Lipinski definition) is 2. The van der Waals surface area contributed by atoms with Gasteiger partial charge in [-0.3, -0.25) is 4.79 Å². The third kappa shape index (κ3) is 4.35. The van der Waals surface area contributed by atoms with Gasteiger partial charge in [-0.2, -0.15) is 0 Å². The van der Waals surface area contributed by atoms with Gasteiger partial charge in [0, 0.05) is 0 Å². The van der Waals surface area contributed by atoms with E-state index in [2.05, 4.69) is 0 Å². The molecule has 1 aromatic rings. The molecule has 3 nitrogen and oxygen atoms in total. The van der Waals surface area contributed by atoms with E-state index in [1.54, 1.807) is 6.92 Å². The number of rotatable bonds is 6. The van der Waals surface area contributed by atoms with Gasteiger partial charge in [0.05, 0.1) is 11.5 Å². The topological polar surface area (TPSA) is 57.5 Å². The fourth-order valence-electron chi connectivity index (χ4n) is 2.09. The van der Waals surface area contributed by atoms with Crippen molar-refractivity contribution >= 4 is 5.97 Å². The Bertz CT molecular complexity index is 435. The van der Waals surface area contributed by atoms with E-state index in [0.717, 1.165) is 11.1 Å². The lowest BCUT2D eigenvalue weighted by atomic mass is 9.81. The standard InChI is InChI=1S/C16H24O3/c1-11(2)16(4,19)10-14(15(17)18)9-13-8-6-5-7-12(13)3/h5-8,11,14,19H,9-10H2,1-4H3,(H,17,18). The van der Waals surface area contributed by atoms with Crippen LogP contribution in [0.5, 0.6) is 0 Å². The second kappa shape index (κ2) is 6.20. The summed E-state index contributed by atoms with van der Waals surface area (Å²) in [5, 5.41) is 19.7. The molecular weight excluding hydrogens is 240 g/mol. The van der Waals surface area contributed by atoms with Gasteiger partial charge >= 0.3 is 5.97 Å². The summed E-state index contributed by atoms with van der Waals surface area (Å²) in [4.78, 5) is 11.4. The lowest BCUT2D eigenvalue weighted by molar-refractivity contribution is -0.144. The van der Waals surface area contributed by atoms with Gasteiger partial charge in [-0.05, 0) is 43.7 Å². The van der Waals surface area contributed by atoms with Crippen LogP contribution in [0.15, 0.2) is 24.3 Å². The Morgan fingerprint density at radius 1 is 1.32 bits per heavy atom. The summed E-state index contributed by atoms with van der Waals surface area (Å²) < 4.78 is 0. The first kappa shape index (κ1) is 15.7. The predicted molar refractivity (Wildman–Crippen MR) is 76.1 cm³/mol. The predicted octanol–water partition coefficient (Wildman–Crippen LogP) is 3.04. The van der Waals surface area contributed by atoms with Crippen molar-refractivity contribution in [3.05, 3.63) is 35.4 Å². The molecule has 0 fully saturated rings. The van der Waals surface area contributed by atoms with Gasteiger partial charge in [0.1, 0.15) is 0 Å². The normalized spacial score (nSPS) is 16.1. The Morgan fingerprint density at radius 3 is 2.37 bits per heavy atom. The summed E-state index contributed by atoms with van der Waals surface area (Å²) in [6, 6.07) is 7.80. The third-order valence-corrected chi connectivity index (χ3v) is 3.98. The summed E-state index contributed by atoms with van der Waals surface area (Å²) in [6.07, 6.45) is 0.735. The van der Waals surface area contributed by atoms with Crippen LogP contribution in [-0.4, -0.2) is 21.8 Å². The molecule has 0 aromatic heterocycles. The lowest BCUT2D eigenvalue weighted by Crippen LogP contribution is -2.36. The molecule has 2 unspecified atom stereocenters. The molecule has 0 bridgehead atoms. The Balaban J connectivity index is 2.86. The van der Waals surface area contributed by atoms with Crippen molar-refractivity contribution in [3.63, 3.8) is 0 Å². The molecule has 1 aromatic carbocycles. The van der Waals surface area contributed by atoms with Crippen molar-refractivity contribution in [3.8, 4) is 0 Å². The molecule has 0 aliphatic heterocycles. The van der Waals surface area contributed by atoms with Gasteiger partial charge in [0.2, 0.25) is 0 Å². The summed E-state index contributed by atoms with van der Waals surface area (Å²) >= 11 is 0. The first-order valence-corrected chi connectivity index (χ1v) is 6.73. The van der Waals surface area contributed by atoms with Crippen LogP contribution in [-0.2, 0) is 11.2 Å². The largest absolute Gasteiger partial charge is 0.481 e. The molecular formula is C16H24O3. The van der Waals surface area contributed by atoms with Crippen molar-refractivity contribution in [2.75, 3.05) is 0 Å². The first-order valence-electron chi connectivity index (χ1n) is 6.73. The van der Waals surface area contributed by atoms with Crippen molar-refractivity contribution < 1.29 is 15.0 Å². The zero-order valence-electron chi connectivity index (χ0n) is 12.2. The highest BCUT2D eigenvalue weighted by atomic mass is 16.4. The molecule has 2 atom stereocenters. The molecule has 106 valence electrons. The molecule has 0 amide bonds. The number of aliphatic hydroxyl groups is 1. The fraction of sp³-hybridized carbons (Fsp3) is 0.562. The number of carbonyl (C=O) groups is 1. The summed E-state index contributed by atoms with van der Waals surface area (Å²) in [5.41, 5.74) is 1.18. The maximum atomic E-state index is 11.4. The van der Waals surface area contributed by atoms with E-state index in [4.69, 9.17) is 0 Å². The van der Waals surface area contributed by atoms with Crippen LogP contribution in [0.4, 0.5) is 0 Å². The van der Waals surface area contributed by atoms with E-state index in [1.165, 1.54) is 0 Å². The number of carboxylic acid groups (broad SMARTS) is 1. The summed E-state index contributed by atoms with van der Waals surface area (Å²) in [6.45, 7) is 7.51. The molecule has 0 spiro atoms. The second-order valence-electron chi connectivity index (χ2n) is 5.88. The van der Waals surface area contributed by atoms with Crippen molar-refractivity contribution in [2.24, 2.45) is 11.8 Å². The third-order valence-electron chi connectivity index (χ3n) is 3.98. The number of aryl methyl sites for hydroxylation is 1. The molecule has 0 aliphatic rings. The van der Waals surface area contributed by atoms with E-state index >= 15 is 0 Å². The fourth-order valence-corrected chi connectivity index (χ4v) is 2.09. The molecule has 19 heavy (non-hydrogen) atoms. The Hall–Kier alpha value is -1.35. The number of benzene rings is 1. The van der Waals surface area contributed by atoms with Gasteiger partial charge in [-0.1, -0.05) is 38.1 Å². The quantitative estimate of drug-likeness (QED) is 0.830. The minimum Gasteiger partial charge on any atom is -0.481 e. The lowest BCUT2D eigenvalue weighted by Gasteiger charge is -2.30. The van der Waals surface area contributed by atoms with Crippen LogP contribution in [0, 0.1) is 18.8 Å². The molecule has 2 N–H and O–H groups in total. The summed E-state index contributed by atoms with van der Waals surface area (Å²) in [7, 11) is 0. The van der Waals surface area contributed by atoms with Crippen LogP contribution >= 0.6 is 0 Å². The van der Waals surface area contributed by atoms with E-state index in [1.807, 2.05) is 45.0 Å². The van der Waals surface area contributed by atoms with E-state index < -0.39 is 17.5 Å². The zero-order valence-corrected chi connectivity index (χ0v) is 12.2. The van der Waals surface area contributed by atoms with Gasteiger partial charge in [0.15, 0.2) is 0 Å². The molecule has 3 heteroatoms. The smallest absolute Gasteiger partial charge is 0.306 e. The van der Waals surface area contributed by atoms with Gasteiger partial charge < -0.3 is 10.2 Å². The van der Waals surface area contributed by atoms with E-state index in [9.17, 15) is 15.0 Å². The van der Waals surface area contributed by atoms with Crippen molar-refractivity contribution in [1.82, 2.24) is 0 Å². The number of hydrogen-bond acceptors (Lipinski definition) is 2. The molecule has 0 aliphatic carbocycles. The number of carboxylic acids is 1. The molecule has 0 heterocycles. The maximum Gasteiger partial charge on any atom is 0.306 e. The zero-order chi connectivity index (χ0) is 14.6. The summed E-state index contributed by atoms with van der Waals surface area (Å²) in [5.74, 6) is -1.37. The molecule has 1 rings (SSSR count). The van der Waals surface area contributed by atoms with E-state index in [-0.39, 0.29) is 12.3 Å². The highest BCUT2D eigenvalue weighted by Crippen LogP contribution is 2.27. The highest BCUT2D eigenvalue weighted by Gasteiger charge is 2.32. The average Bonchev–Trinajstić information content (AvgIpc) is 2.30. The van der Waals surface area contributed by atoms with Crippen LogP contribution in [0.2, 0.25) is 0 Å². The van der Waals surface area contributed by atoms with Crippen molar-refractivity contribution in [2.45, 2.75) is 46.1 Å². The van der Waals surface area contributed by atoms with E-state index in [0.29, 0.717) is 6.42 Å². The van der Waals surface area contributed by atoms with Crippen LogP contribution in [0.3, 0.4) is 0 Å². The van der Waals surface area contributed by atoms with Crippen LogP contribution in [0.1, 0.15) is 38.3 Å². The van der Waals surface area contributed by atoms with Crippen LogP contribution < -0.4 is 0 Å². The minimum atomic E-state index is -0.953. The van der Waals surface area contributed by atoms with Gasteiger partial charge in [-0.15, -0.1) is 0 Å². The highest BCUT2D eigenvalue weighted by molar-refractivity contribution is 5.70. The maximum absolute atomic E-state index is 11.4. The van der Waals surface area contributed by atoms with Gasteiger partial charge in [0.25, 0.3) is 0 Å². The molecule has 0 saturated carbocycles. The SMILES string of the molecule is Cc1ccccc1CC(CC(C)(O)C(C)C)C(=O)O. The molecule has 0 saturated heterocycles. The van der Waals surface area contributed by atoms with Crippen LogP contribution in [0.25, 0.3) is 0 Å². The minimum absolute atomic E-state index is 0.0335. The molecule has 0 radical (unpaired) electrons. The monoisotopic (exact) mass is 264 g/mol. The Morgan fingerprint density at radius 2 is 1.89 bits per heavy atom.